The van der Waals surface area contributed by atoms with Gasteiger partial charge in [0.25, 0.3) is 5.91 Å². The van der Waals surface area contributed by atoms with Crippen molar-refractivity contribution in [3.8, 4) is 0 Å². The molecule has 4 rings (SSSR count). The van der Waals surface area contributed by atoms with E-state index in [4.69, 9.17) is 0 Å². The first kappa shape index (κ1) is 20.6. The lowest BCUT2D eigenvalue weighted by Gasteiger charge is -2.31. The number of nitrogens with one attached hydrogen (secondary N) is 1. The number of aromatic nitrogens is 2. The van der Waals surface area contributed by atoms with E-state index in [0.717, 1.165) is 42.8 Å². The second kappa shape index (κ2) is 9.01. The summed E-state index contributed by atoms with van der Waals surface area (Å²) in [5.74, 6) is -1.46. The Morgan fingerprint density at radius 3 is 2.63 bits per heavy atom. The van der Waals surface area contributed by atoms with Gasteiger partial charge in [-0.05, 0) is 60.4 Å². The third-order valence-electron chi connectivity index (χ3n) is 5.27. The van der Waals surface area contributed by atoms with Gasteiger partial charge in [-0.25, -0.2) is 4.39 Å². The van der Waals surface area contributed by atoms with E-state index >= 15 is 0 Å². The highest BCUT2D eigenvalue weighted by atomic mass is 32.1. The fourth-order valence-electron chi connectivity index (χ4n) is 3.76. The van der Waals surface area contributed by atoms with Crippen LogP contribution in [0.2, 0.25) is 0 Å². The normalized spacial score (nSPS) is 15.1. The van der Waals surface area contributed by atoms with Crippen molar-refractivity contribution in [2.75, 3.05) is 4.90 Å². The maximum Gasteiger partial charge on any atom is 0.280 e. The summed E-state index contributed by atoms with van der Waals surface area (Å²) in [4.78, 5) is 28.8. The number of nitrogens with zero attached hydrogens (tertiary/aromatic N) is 3. The van der Waals surface area contributed by atoms with Crippen LogP contribution in [-0.2, 0) is 4.79 Å². The summed E-state index contributed by atoms with van der Waals surface area (Å²) >= 11 is 2.41. The molecule has 1 atom stereocenters. The third kappa shape index (κ3) is 4.13. The van der Waals surface area contributed by atoms with Crippen LogP contribution >= 0.6 is 22.9 Å². The van der Waals surface area contributed by atoms with E-state index in [1.807, 2.05) is 18.4 Å². The van der Waals surface area contributed by atoms with Gasteiger partial charge in [-0.3, -0.25) is 14.5 Å². The largest absolute Gasteiger partial charge is 0.351 e. The molecular formula is C21H21FN4O2S2. The summed E-state index contributed by atoms with van der Waals surface area (Å²) < 4.78 is 18.6. The molecule has 1 N–H and O–H groups in total. The van der Waals surface area contributed by atoms with Crippen LogP contribution in [0.25, 0.3) is 0 Å². The Balaban J connectivity index is 1.82. The van der Waals surface area contributed by atoms with E-state index < -0.39 is 17.8 Å². The lowest BCUT2D eigenvalue weighted by Crippen LogP contribution is -2.46. The number of benzene rings is 1. The van der Waals surface area contributed by atoms with Gasteiger partial charge in [-0.2, -0.15) is 0 Å². The fraction of sp³-hybridized carbons (Fsp3) is 0.333. The molecule has 0 radical (unpaired) electrons. The van der Waals surface area contributed by atoms with Crippen molar-refractivity contribution in [2.45, 2.75) is 44.7 Å². The number of anilines is 1. The van der Waals surface area contributed by atoms with E-state index in [9.17, 15) is 14.0 Å². The second-order valence-corrected chi connectivity index (χ2v) is 8.83. The van der Waals surface area contributed by atoms with Crippen molar-refractivity contribution < 1.29 is 14.0 Å². The van der Waals surface area contributed by atoms with E-state index in [1.54, 1.807) is 12.1 Å². The number of thiophene rings is 1. The Morgan fingerprint density at radius 2 is 2.00 bits per heavy atom. The van der Waals surface area contributed by atoms with Gasteiger partial charge in [0.2, 0.25) is 5.91 Å². The standard InChI is InChI=1S/C21H21FN4O2S2/c1-13-10-11-29-19(13)18(20(27)23-14-6-2-3-7-14)26(17-9-5-4-8-15(17)22)21(28)16-12-30-25-24-16/h4-5,8-12,14,18H,2-3,6-7H2,1H3,(H,23,27)/t18-/m1/s1. The van der Waals surface area contributed by atoms with Crippen LogP contribution < -0.4 is 10.2 Å². The molecule has 1 aliphatic rings. The molecule has 0 unspecified atom stereocenters. The van der Waals surface area contributed by atoms with Crippen LogP contribution in [0.15, 0.2) is 41.1 Å². The number of carbonyl (C=O) groups excluding carboxylic acids is 2. The van der Waals surface area contributed by atoms with Crippen LogP contribution in [0.1, 0.15) is 52.7 Å². The zero-order valence-corrected chi connectivity index (χ0v) is 18.0. The molecule has 1 aliphatic carbocycles. The minimum Gasteiger partial charge on any atom is -0.351 e. The summed E-state index contributed by atoms with van der Waals surface area (Å²) in [6, 6.07) is 6.94. The zero-order valence-electron chi connectivity index (χ0n) is 16.4. The molecule has 30 heavy (non-hydrogen) atoms. The van der Waals surface area contributed by atoms with Gasteiger partial charge in [-0.1, -0.05) is 29.5 Å². The molecule has 0 bridgehead atoms. The van der Waals surface area contributed by atoms with E-state index in [-0.39, 0.29) is 23.3 Å². The molecule has 156 valence electrons. The number of carbonyl (C=O) groups is 2. The van der Waals surface area contributed by atoms with Crippen LogP contribution in [-0.4, -0.2) is 27.4 Å². The summed E-state index contributed by atoms with van der Waals surface area (Å²) in [6.07, 6.45) is 3.94. The van der Waals surface area contributed by atoms with Crippen molar-refractivity contribution in [3.05, 3.63) is 63.0 Å². The van der Waals surface area contributed by atoms with E-state index in [0.29, 0.717) is 4.88 Å². The summed E-state index contributed by atoms with van der Waals surface area (Å²) in [7, 11) is 0. The number of para-hydroxylation sites is 1. The first-order chi connectivity index (χ1) is 14.6. The van der Waals surface area contributed by atoms with Crippen LogP contribution in [0.5, 0.6) is 0 Å². The number of aryl methyl sites for hydroxylation is 1. The first-order valence-corrected chi connectivity index (χ1v) is 11.5. The molecule has 0 saturated heterocycles. The molecule has 2 heterocycles. The maximum absolute atomic E-state index is 14.9. The average Bonchev–Trinajstić information content (AvgIpc) is 3.50. The maximum atomic E-state index is 14.9. The van der Waals surface area contributed by atoms with E-state index in [2.05, 4.69) is 14.9 Å². The molecule has 2 aromatic heterocycles. The monoisotopic (exact) mass is 444 g/mol. The third-order valence-corrected chi connectivity index (χ3v) is 6.84. The van der Waals surface area contributed by atoms with Crippen molar-refractivity contribution in [3.63, 3.8) is 0 Å². The highest BCUT2D eigenvalue weighted by Gasteiger charge is 2.38. The van der Waals surface area contributed by atoms with Crippen LogP contribution in [0.4, 0.5) is 10.1 Å². The molecule has 1 saturated carbocycles. The minimum absolute atomic E-state index is 0.0369. The van der Waals surface area contributed by atoms with E-state index in [1.165, 1.54) is 33.7 Å². The summed E-state index contributed by atoms with van der Waals surface area (Å²) in [5, 5.41) is 10.3. The van der Waals surface area contributed by atoms with Gasteiger partial charge in [0, 0.05) is 16.3 Å². The number of halogens is 1. The molecule has 1 fully saturated rings. The van der Waals surface area contributed by atoms with Gasteiger partial charge in [0.05, 0.1) is 5.69 Å². The molecule has 9 heteroatoms. The Hall–Kier alpha value is -2.65. The highest BCUT2D eigenvalue weighted by Crippen LogP contribution is 2.35. The second-order valence-electron chi connectivity index (χ2n) is 7.28. The van der Waals surface area contributed by atoms with Crippen LogP contribution in [0.3, 0.4) is 0 Å². The predicted octanol–water partition coefficient (Wildman–Crippen LogP) is 4.49. The van der Waals surface area contributed by atoms with Gasteiger partial charge in [0.15, 0.2) is 11.7 Å². The predicted molar refractivity (Wildman–Crippen MR) is 115 cm³/mol. The topological polar surface area (TPSA) is 75.2 Å². The Kier molecular flexibility index (Phi) is 6.19. The average molecular weight is 445 g/mol. The zero-order chi connectivity index (χ0) is 21.1. The van der Waals surface area contributed by atoms with Crippen LogP contribution in [0, 0.1) is 12.7 Å². The Bertz CT molecular complexity index is 1030. The summed E-state index contributed by atoms with van der Waals surface area (Å²) in [5.41, 5.74) is 0.989. The minimum atomic E-state index is -1.00. The summed E-state index contributed by atoms with van der Waals surface area (Å²) in [6.45, 7) is 1.89. The van der Waals surface area contributed by atoms with Crippen molar-refractivity contribution in [2.24, 2.45) is 0 Å². The molecule has 2 amide bonds. The molecule has 3 aromatic rings. The first-order valence-electron chi connectivity index (χ1n) is 9.75. The van der Waals surface area contributed by atoms with Gasteiger partial charge in [-0.15, -0.1) is 16.4 Å². The quantitative estimate of drug-likeness (QED) is 0.608. The Labute approximate surface area is 181 Å². The van der Waals surface area contributed by atoms with Gasteiger partial charge >= 0.3 is 0 Å². The molecule has 6 nitrogen and oxygen atoms in total. The fourth-order valence-corrected chi connectivity index (χ4v) is 5.21. The molecule has 0 aliphatic heterocycles. The lowest BCUT2D eigenvalue weighted by atomic mass is 10.1. The molecule has 1 aromatic carbocycles. The number of hydrogen-bond donors (Lipinski definition) is 1. The van der Waals surface area contributed by atoms with Crippen molar-refractivity contribution >= 4 is 40.4 Å². The van der Waals surface area contributed by atoms with Crippen molar-refractivity contribution in [1.29, 1.82) is 0 Å². The highest BCUT2D eigenvalue weighted by molar-refractivity contribution is 7.10. The number of amides is 2. The number of hydrogen-bond acceptors (Lipinski definition) is 6. The smallest absolute Gasteiger partial charge is 0.280 e. The SMILES string of the molecule is Cc1ccsc1[C@H](C(=O)NC1CCCC1)N(C(=O)c1csnn1)c1ccccc1F. The van der Waals surface area contributed by atoms with Gasteiger partial charge < -0.3 is 5.32 Å². The molecule has 0 spiro atoms. The van der Waals surface area contributed by atoms with Gasteiger partial charge in [0.1, 0.15) is 5.82 Å². The Morgan fingerprint density at radius 1 is 1.23 bits per heavy atom. The molecular weight excluding hydrogens is 423 g/mol. The number of rotatable bonds is 6. The van der Waals surface area contributed by atoms with Crippen molar-refractivity contribution in [1.82, 2.24) is 14.9 Å². The lowest BCUT2D eigenvalue weighted by molar-refractivity contribution is -0.123.